The van der Waals surface area contributed by atoms with E-state index in [1.165, 1.54) is 25.3 Å². The molecule has 2 aromatic rings. The van der Waals surface area contributed by atoms with Crippen molar-refractivity contribution >= 4 is 35.1 Å². The van der Waals surface area contributed by atoms with Gasteiger partial charge in [0.05, 0.1) is 6.54 Å². The van der Waals surface area contributed by atoms with Crippen molar-refractivity contribution in [1.82, 2.24) is 20.0 Å². The molecule has 0 unspecified atom stereocenters. The molecule has 11 heteroatoms. The smallest absolute Gasteiger partial charge is 0.317 e. The number of carbonyl (C=O) groups is 2. The van der Waals surface area contributed by atoms with Crippen molar-refractivity contribution in [1.29, 1.82) is 0 Å². The predicted molar refractivity (Wildman–Crippen MR) is 166 cm³/mol. The van der Waals surface area contributed by atoms with Crippen molar-refractivity contribution in [2.45, 2.75) is 57.8 Å². The van der Waals surface area contributed by atoms with E-state index in [4.69, 9.17) is 27.9 Å². The second-order valence-electron chi connectivity index (χ2n) is 11.5. The highest BCUT2D eigenvalue weighted by molar-refractivity contribution is 6.35. The zero-order valence-electron chi connectivity index (χ0n) is 24.9. The summed E-state index contributed by atoms with van der Waals surface area (Å²) in [7, 11) is 0. The maximum Gasteiger partial charge on any atom is 0.317 e. The molecule has 236 valence electrons. The molecular weight excluding hydrogens is 597 g/mol. The summed E-state index contributed by atoms with van der Waals surface area (Å²) in [6.45, 7) is 7.74. The Morgan fingerprint density at radius 3 is 2.19 bits per heavy atom. The van der Waals surface area contributed by atoms with Gasteiger partial charge in [-0.2, -0.15) is 0 Å². The Balaban J connectivity index is 0.000000403. The Morgan fingerprint density at radius 1 is 0.884 bits per heavy atom. The van der Waals surface area contributed by atoms with Gasteiger partial charge in [-0.1, -0.05) is 35.7 Å². The Labute approximate surface area is 263 Å². The zero-order chi connectivity index (χ0) is 30.8. The lowest BCUT2D eigenvalue weighted by atomic mass is 9.88. The van der Waals surface area contributed by atoms with Crippen LogP contribution in [0.5, 0.6) is 5.75 Å². The van der Waals surface area contributed by atoms with Gasteiger partial charge in [-0.25, -0.2) is 13.6 Å². The minimum absolute atomic E-state index is 0.0108. The molecule has 0 bridgehead atoms. The van der Waals surface area contributed by atoms with Crippen molar-refractivity contribution in [3.05, 3.63) is 63.1 Å². The van der Waals surface area contributed by atoms with Gasteiger partial charge in [0.25, 0.3) is 0 Å². The van der Waals surface area contributed by atoms with Crippen molar-refractivity contribution in [3.63, 3.8) is 0 Å². The third kappa shape index (κ3) is 9.95. The fraction of sp³-hybridized carbons (Fsp3) is 0.562. The highest BCUT2D eigenvalue weighted by Gasteiger charge is 2.28. The third-order valence-corrected chi connectivity index (χ3v) is 9.01. The van der Waals surface area contributed by atoms with E-state index in [0.717, 1.165) is 62.2 Å². The molecule has 3 fully saturated rings. The van der Waals surface area contributed by atoms with E-state index < -0.39 is 11.6 Å². The molecule has 7 nitrogen and oxygen atoms in total. The third-order valence-electron chi connectivity index (χ3n) is 8.37. The summed E-state index contributed by atoms with van der Waals surface area (Å²) in [6, 6.07) is 7.68. The minimum Gasteiger partial charge on any atom is -0.492 e. The van der Waals surface area contributed by atoms with Gasteiger partial charge >= 0.3 is 6.03 Å². The lowest BCUT2D eigenvalue weighted by Crippen LogP contribution is -2.46. The van der Waals surface area contributed by atoms with E-state index in [1.807, 2.05) is 19.1 Å². The number of benzene rings is 2. The molecule has 43 heavy (non-hydrogen) atoms. The molecule has 2 aromatic carbocycles. The van der Waals surface area contributed by atoms with E-state index in [0.29, 0.717) is 48.9 Å². The fourth-order valence-corrected chi connectivity index (χ4v) is 6.17. The number of rotatable bonds is 7. The first kappa shape index (κ1) is 33.3. The van der Waals surface area contributed by atoms with Crippen LogP contribution in [-0.2, 0) is 4.79 Å². The van der Waals surface area contributed by atoms with Crippen LogP contribution in [0.1, 0.15) is 62.0 Å². The van der Waals surface area contributed by atoms with Crippen LogP contribution in [-0.4, -0.2) is 85.6 Å². The van der Waals surface area contributed by atoms with E-state index in [9.17, 15) is 18.4 Å². The van der Waals surface area contributed by atoms with Crippen LogP contribution in [0.15, 0.2) is 30.3 Å². The SMILES string of the molecule is Cc1ccc(Cl)cc1Cl.O=C(CNC(=O)N1CCCC1)N1CCC(c2cc(F)c(F)cc2OCCN2CCCCC2)CC1. The van der Waals surface area contributed by atoms with Crippen LogP contribution in [0.3, 0.4) is 0 Å². The van der Waals surface area contributed by atoms with Crippen LogP contribution in [0, 0.1) is 18.6 Å². The quantitative estimate of drug-likeness (QED) is 0.369. The second kappa shape index (κ2) is 16.5. The number of carbonyl (C=O) groups excluding carboxylic acids is 2. The highest BCUT2D eigenvalue weighted by atomic mass is 35.5. The van der Waals surface area contributed by atoms with Crippen LogP contribution < -0.4 is 10.1 Å². The number of nitrogens with zero attached hydrogens (tertiary/aromatic N) is 3. The van der Waals surface area contributed by atoms with Gasteiger partial charge in [-0.3, -0.25) is 9.69 Å². The van der Waals surface area contributed by atoms with Crippen molar-refractivity contribution in [2.24, 2.45) is 0 Å². The number of piperidine rings is 2. The second-order valence-corrected chi connectivity index (χ2v) is 12.3. The number of hydrogen-bond acceptors (Lipinski definition) is 4. The lowest BCUT2D eigenvalue weighted by Gasteiger charge is -2.33. The standard InChI is InChI=1S/C25H36F2N4O3.C7H6Cl2/c26-21-16-20(23(17-22(21)27)34-15-14-29-8-2-1-3-9-29)19-6-12-30(13-7-19)24(32)18-28-25(33)31-10-4-5-11-31;1-5-2-3-6(8)4-7(5)9/h16-17,19H,1-15,18H2,(H,28,33);2-4H,1H3. The molecule has 3 saturated heterocycles. The molecule has 3 heterocycles. The van der Waals surface area contributed by atoms with Crippen LogP contribution in [0.25, 0.3) is 0 Å². The number of amides is 3. The number of aryl methyl sites for hydroxylation is 1. The monoisotopic (exact) mass is 638 g/mol. The number of nitrogens with one attached hydrogen (secondary N) is 1. The predicted octanol–water partition coefficient (Wildman–Crippen LogP) is 6.64. The normalized spacial score (nSPS) is 17.8. The molecular formula is C32H42Cl2F2N4O3. The van der Waals surface area contributed by atoms with Gasteiger partial charge in [0.1, 0.15) is 12.4 Å². The summed E-state index contributed by atoms with van der Waals surface area (Å²) in [5, 5.41) is 4.13. The summed E-state index contributed by atoms with van der Waals surface area (Å²) in [5.41, 5.74) is 1.73. The lowest BCUT2D eigenvalue weighted by molar-refractivity contribution is -0.131. The van der Waals surface area contributed by atoms with Gasteiger partial charge in [0.2, 0.25) is 5.91 Å². The fourth-order valence-electron chi connectivity index (χ4n) is 5.76. The van der Waals surface area contributed by atoms with Gasteiger partial charge in [0.15, 0.2) is 11.6 Å². The van der Waals surface area contributed by atoms with Crippen LogP contribution >= 0.6 is 23.2 Å². The summed E-state index contributed by atoms with van der Waals surface area (Å²) in [6.07, 6.45) is 6.92. The Kier molecular flexibility index (Phi) is 12.7. The molecule has 3 aliphatic heterocycles. The maximum atomic E-state index is 14.1. The van der Waals surface area contributed by atoms with Gasteiger partial charge in [-0.15, -0.1) is 0 Å². The van der Waals surface area contributed by atoms with Gasteiger partial charge in [0, 0.05) is 54.4 Å². The molecule has 0 aromatic heterocycles. The molecule has 1 N–H and O–H groups in total. The summed E-state index contributed by atoms with van der Waals surface area (Å²) < 4.78 is 34.0. The largest absolute Gasteiger partial charge is 0.492 e. The van der Waals surface area contributed by atoms with Crippen LogP contribution in [0.4, 0.5) is 13.6 Å². The van der Waals surface area contributed by atoms with Crippen molar-refractivity contribution < 1.29 is 23.1 Å². The molecule has 3 amide bonds. The van der Waals surface area contributed by atoms with Crippen molar-refractivity contribution in [2.75, 3.05) is 59.0 Å². The van der Waals surface area contributed by atoms with E-state index in [2.05, 4.69) is 10.2 Å². The summed E-state index contributed by atoms with van der Waals surface area (Å²) >= 11 is 11.4. The van der Waals surface area contributed by atoms with Crippen molar-refractivity contribution in [3.8, 4) is 5.75 Å². The minimum atomic E-state index is -0.905. The molecule has 0 spiro atoms. The number of urea groups is 1. The first-order valence-corrected chi connectivity index (χ1v) is 16.0. The van der Waals surface area contributed by atoms with Crippen LogP contribution in [0.2, 0.25) is 10.0 Å². The molecule has 0 radical (unpaired) electrons. The Hall–Kier alpha value is -2.62. The summed E-state index contributed by atoms with van der Waals surface area (Å²) in [5.74, 6) is -1.50. The molecule has 3 aliphatic rings. The molecule has 0 atom stereocenters. The first-order valence-electron chi connectivity index (χ1n) is 15.3. The number of ether oxygens (including phenoxy) is 1. The number of hydrogen-bond donors (Lipinski definition) is 1. The topological polar surface area (TPSA) is 65.1 Å². The molecule has 0 aliphatic carbocycles. The number of likely N-dealkylation sites (tertiary alicyclic amines) is 3. The Bertz CT molecular complexity index is 1230. The first-order chi connectivity index (χ1) is 20.7. The van der Waals surface area contributed by atoms with E-state index in [1.54, 1.807) is 15.9 Å². The summed E-state index contributed by atoms with van der Waals surface area (Å²) in [4.78, 5) is 30.5. The average molecular weight is 640 g/mol. The van der Waals surface area contributed by atoms with Gasteiger partial charge < -0.3 is 19.9 Å². The average Bonchev–Trinajstić information content (AvgIpc) is 3.56. The zero-order valence-corrected chi connectivity index (χ0v) is 26.4. The number of halogens is 4. The van der Waals surface area contributed by atoms with Gasteiger partial charge in [-0.05, 0) is 88.2 Å². The molecule has 0 saturated carbocycles. The van der Waals surface area contributed by atoms with E-state index in [-0.39, 0.29) is 24.4 Å². The maximum absolute atomic E-state index is 14.1. The molecule has 5 rings (SSSR count). The highest BCUT2D eigenvalue weighted by Crippen LogP contribution is 2.36. The van der Waals surface area contributed by atoms with E-state index >= 15 is 0 Å². The Morgan fingerprint density at radius 2 is 1.53 bits per heavy atom.